The summed E-state index contributed by atoms with van der Waals surface area (Å²) >= 11 is 0. The van der Waals surface area contributed by atoms with Crippen LogP contribution in [0.1, 0.15) is 42.5 Å². The molecule has 0 bridgehead atoms. The molecule has 2 aromatic rings. The number of amides is 2. The molecule has 2 amide bonds. The smallest absolute Gasteiger partial charge is 0.253 e. The van der Waals surface area contributed by atoms with E-state index >= 15 is 0 Å². The van der Waals surface area contributed by atoms with Gasteiger partial charge in [-0.05, 0) is 49.9 Å². The summed E-state index contributed by atoms with van der Waals surface area (Å²) in [5, 5.41) is 0.969. The number of rotatable bonds is 3. The number of carbonyl (C=O) groups is 2. The zero-order valence-corrected chi connectivity index (χ0v) is 15.6. The van der Waals surface area contributed by atoms with Crippen molar-refractivity contribution >= 4 is 22.7 Å². The van der Waals surface area contributed by atoms with E-state index in [4.69, 9.17) is 0 Å². The van der Waals surface area contributed by atoms with E-state index in [1.165, 1.54) is 0 Å². The van der Waals surface area contributed by atoms with Crippen LogP contribution in [-0.2, 0) is 4.79 Å². The number of fused-ring (bicyclic) bond motifs is 1. The van der Waals surface area contributed by atoms with Crippen LogP contribution in [0.5, 0.6) is 0 Å². The highest BCUT2D eigenvalue weighted by molar-refractivity contribution is 5.98. The molecule has 0 radical (unpaired) electrons. The van der Waals surface area contributed by atoms with Gasteiger partial charge in [0.15, 0.2) is 0 Å². The van der Waals surface area contributed by atoms with Gasteiger partial charge >= 0.3 is 0 Å². The van der Waals surface area contributed by atoms with E-state index in [0.29, 0.717) is 25.1 Å². The van der Waals surface area contributed by atoms with E-state index < -0.39 is 0 Å². The van der Waals surface area contributed by atoms with Crippen LogP contribution in [0.15, 0.2) is 49.2 Å². The third-order valence-corrected chi connectivity index (χ3v) is 5.91. The summed E-state index contributed by atoms with van der Waals surface area (Å²) in [5.41, 5.74) is 1.33. The lowest BCUT2D eigenvalue weighted by molar-refractivity contribution is -0.143. The number of hydrogen-bond acceptors (Lipinski definition) is 3. The second kappa shape index (κ2) is 7.14. The molecule has 1 atom stereocenters. The van der Waals surface area contributed by atoms with Crippen LogP contribution in [0.2, 0.25) is 0 Å². The Kier molecular flexibility index (Phi) is 4.68. The van der Waals surface area contributed by atoms with Gasteiger partial charge < -0.3 is 9.80 Å². The molecule has 140 valence electrons. The lowest BCUT2D eigenvalue weighted by Crippen LogP contribution is -2.63. The highest BCUT2D eigenvalue weighted by atomic mass is 16.2. The molecule has 4 rings (SSSR count). The van der Waals surface area contributed by atoms with Crippen molar-refractivity contribution in [1.82, 2.24) is 14.8 Å². The van der Waals surface area contributed by atoms with E-state index in [2.05, 4.69) is 11.6 Å². The maximum Gasteiger partial charge on any atom is 0.253 e. The lowest BCUT2D eigenvalue weighted by atomic mass is 9.79. The Morgan fingerprint density at radius 2 is 2.11 bits per heavy atom. The summed E-state index contributed by atoms with van der Waals surface area (Å²) in [6.07, 6.45) is 7.88. The van der Waals surface area contributed by atoms with Gasteiger partial charge in [-0.15, -0.1) is 6.58 Å². The van der Waals surface area contributed by atoms with Gasteiger partial charge in [-0.25, -0.2) is 0 Å². The third-order valence-electron chi connectivity index (χ3n) is 5.91. The number of piperidine rings is 2. The first-order valence-corrected chi connectivity index (χ1v) is 9.68. The fraction of sp³-hybridized carbons (Fsp3) is 0.409. The zero-order chi connectivity index (χ0) is 18.9. The monoisotopic (exact) mass is 363 g/mol. The van der Waals surface area contributed by atoms with Crippen molar-refractivity contribution in [2.24, 2.45) is 0 Å². The summed E-state index contributed by atoms with van der Waals surface area (Å²) in [5.74, 6) is 0.226. The van der Waals surface area contributed by atoms with Crippen LogP contribution in [0.25, 0.3) is 10.9 Å². The van der Waals surface area contributed by atoms with E-state index in [-0.39, 0.29) is 17.4 Å². The first-order valence-electron chi connectivity index (χ1n) is 9.68. The maximum absolute atomic E-state index is 13.2. The van der Waals surface area contributed by atoms with Crippen molar-refractivity contribution in [3.8, 4) is 0 Å². The second-order valence-corrected chi connectivity index (χ2v) is 7.61. The average molecular weight is 363 g/mol. The summed E-state index contributed by atoms with van der Waals surface area (Å²) in [4.78, 5) is 33.9. The highest BCUT2D eigenvalue weighted by Gasteiger charge is 2.45. The van der Waals surface area contributed by atoms with Gasteiger partial charge in [-0.3, -0.25) is 14.6 Å². The SMILES string of the molecule is C=CCN1C(=O)CCC[C@]12CCCN(C(=O)c1ccc3ncccc3c1)C2. The van der Waals surface area contributed by atoms with Gasteiger partial charge in [0.05, 0.1) is 11.1 Å². The second-order valence-electron chi connectivity index (χ2n) is 7.61. The van der Waals surface area contributed by atoms with E-state index in [1.54, 1.807) is 12.3 Å². The number of benzene rings is 1. The molecule has 1 spiro atoms. The van der Waals surface area contributed by atoms with Crippen molar-refractivity contribution in [3.63, 3.8) is 0 Å². The minimum Gasteiger partial charge on any atom is -0.336 e. The predicted molar refractivity (Wildman–Crippen MR) is 105 cm³/mol. The maximum atomic E-state index is 13.2. The Morgan fingerprint density at radius 1 is 1.26 bits per heavy atom. The highest BCUT2D eigenvalue weighted by Crippen LogP contribution is 2.37. The molecule has 2 saturated heterocycles. The summed E-state index contributed by atoms with van der Waals surface area (Å²) in [6, 6.07) is 9.53. The largest absolute Gasteiger partial charge is 0.336 e. The minimum absolute atomic E-state index is 0.0383. The van der Waals surface area contributed by atoms with Gasteiger partial charge in [0.2, 0.25) is 5.91 Å². The first-order chi connectivity index (χ1) is 13.1. The molecule has 5 nitrogen and oxygen atoms in total. The molecule has 1 aromatic carbocycles. The van der Waals surface area contributed by atoms with Gasteiger partial charge in [0.1, 0.15) is 0 Å². The molecule has 3 heterocycles. The van der Waals surface area contributed by atoms with E-state index in [0.717, 1.165) is 43.1 Å². The van der Waals surface area contributed by atoms with Gasteiger partial charge in [-0.2, -0.15) is 0 Å². The summed E-state index contributed by atoms with van der Waals surface area (Å²) in [7, 11) is 0. The van der Waals surface area contributed by atoms with E-state index in [1.807, 2.05) is 40.1 Å². The van der Waals surface area contributed by atoms with Crippen LogP contribution >= 0.6 is 0 Å². The Bertz CT molecular complexity index is 890. The molecular weight excluding hydrogens is 338 g/mol. The van der Waals surface area contributed by atoms with Crippen molar-refractivity contribution in [2.45, 2.75) is 37.6 Å². The quantitative estimate of drug-likeness (QED) is 0.786. The number of nitrogens with zero attached hydrogens (tertiary/aromatic N) is 3. The number of aromatic nitrogens is 1. The molecule has 2 aliphatic rings. The van der Waals surface area contributed by atoms with Crippen molar-refractivity contribution in [1.29, 1.82) is 0 Å². The van der Waals surface area contributed by atoms with Crippen LogP contribution < -0.4 is 0 Å². The first kappa shape index (κ1) is 17.7. The Morgan fingerprint density at radius 3 is 2.96 bits per heavy atom. The molecule has 0 N–H and O–H groups in total. The van der Waals surface area contributed by atoms with Crippen molar-refractivity contribution in [2.75, 3.05) is 19.6 Å². The molecule has 27 heavy (non-hydrogen) atoms. The number of likely N-dealkylation sites (tertiary alicyclic amines) is 2. The van der Waals surface area contributed by atoms with Crippen LogP contribution in [0.4, 0.5) is 0 Å². The molecule has 0 aliphatic carbocycles. The van der Waals surface area contributed by atoms with Gasteiger partial charge in [0, 0.05) is 43.2 Å². The molecule has 2 fully saturated rings. The molecule has 1 aromatic heterocycles. The number of carbonyl (C=O) groups excluding carboxylic acids is 2. The lowest BCUT2D eigenvalue weighted by Gasteiger charge is -2.52. The Labute approximate surface area is 159 Å². The normalized spacial score (nSPS) is 23.0. The Balaban J connectivity index is 1.60. The molecule has 0 unspecified atom stereocenters. The fourth-order valence-electron chi connectivity index (χ4n) is 4.63. The van der Waals surface area contributed by atoms with E-state index in [9.17, 15) is 9.59 Å². The van der Waals surface area contributed by atoms with Gasteiger partial charge in [-0.1, -0.05) is 12.1 Å². The molecule has 5 heteroatoms. The number of hydrogen-bond donors (Lipinski definition) is 0. The number of pyridine rings is 1. The van der Waals surface area contributed by atoms with Crippen molar-refractivity contribution in [3.05, 3.63) is 54.7 Å². The summed E-state index contributed by atoms with van der Waals surface area (Å²) in [6.45, 7) is 5.72. The summed E-state index contributed by atoms with van der Waals surface area (Å²) < 4.78 is 0. The standard InChI is InChI=1S/C22H25N3O2/c1-2-13-25-20(26)7-3-10-22(25)11-5-14-24(16-22)21(27)18-8-9-19-17(15-18)6-4-12-23-19/h2,4,6,8-9,12,15H,1,3,5,7,10-11,13-14,16H2/t22-/m1/s1. The fourth-order valence-corrected chi connectivity index (χ4v) is 4.63. The van der Waals surface area contributed by atoms with Crippen LogP contribution in [0, 0.1) is 0 Å². The molecular formula is C22H25N3O2. The van der Waals surface area contributed by atoms with Gasteiger partial charge in [0.25, 0.3) is 5.91 Å². The third kappa shape index (κ3) is 3.22. The Hall–Kier alpha value is -2.69. The topological polar surface area (TPSA) is 53.5 Å². The van der Waals surface area contributed by atoms with Crippen LogP contribution in [0.3, 0.4) is 0 Å². The minimum atomic E-state index is -0.240. The van der Waals surface area contributed by atoms with Crippen LogP contribution in [-0.4, -0.2) is 51.8 Å². The predicted octanol–water partition coefficient (Wildman–Crippen LogP) is 3.41. The zero-order valence-electron chi connectivity index (χ0n) is 15.6. The van der Waals surface area contributed by atoms with Crippen molar-refractivity contribution < 1.29 is 9.59 Å². The molecule has 2 aliphatic heterocycles. The average Bonchev–Trinajstić information content (AvgIpc) is 2.70. The molecule has 0 saturated carbocycles.